The maximum Gasteiger partial charge on any atom is 0.254 e. The third-order valence-corrected chi connectivity index (χ3v) is 3.62. The molecule has 0 aromatic heterocycles. The number of benzene rings is 1. The smallest absolute Gasteiger partial charge is 0.254 e. The van der Waals surface area contributed by atoms with Crippen molar-refractivity contribution >= 4 is 49.4 Å². The number of rotatable bonds is 4. The zero-order valence-electron chi connectivity index (χ0n) is 8.84. The molecular weight excluding hydrogens is 357 g/mol. The largest absolute Gasteiger partial charge is 0.342 e. The summed E-state index contributed by atoms with van der Waals surface area (Å²) in [4.78, 5) is 13.7. The standard InChI is InChI=1S/C11H12Br2ClNO/c1-15(6-2-5-12)11(16)9-7-8(14)3-4-10(9)13/h3-4,7H,2,5-6H2,1H3. The lowest BCUT2D eigenvalue weighted by Gasteiger charge is -2.17. The Kier molecular flexibility index (Phi) is 5.79. The molecule has 0 unspecified atom stereocenters. The molecule has 2 nitrogen and oxygen atoms in total. The number of amides is 1. The Hall–Kier alpha value is -0.0600. The molecule has 0 bridgehead atoms. The fraction of sp³-hybridized carbons (Fsp3) is 0.364. The Morgan fingerprint density at radius 3 is 2.81 bits per heavy atom. The summed E-state index contributed by atoms with van der Waals surface area (Å²) in [5.74, 6) is -0.0182. The van der Waals surface area contributed by atoms with Crippen LogP contribution in [-0.2, 0) is 0 Å². The van der Waals surface area contributed by atoms with Crippen LogP contribution < -0.4 is 0 Å². The Bertz CT molecular complexity index is 384. The van der Waals surface area contributed by atoms with Gasteiger partial charge in [-0.05, 0) is 40.5 Å². The lowest BCUT2D eigenvalue weighted by atomic mass is 10.2. The quantitative estimate of drug-likeness (QED) is 0.736. The Labute approximate surface area is 117 Å². The van der Waals surface area contributed by atoms with Crippen molar-refractivity contribution in [2.45, 2.75) is 6.42 Å². The van der Waals surface area contributed by atoms with E-state index in [4.69, 9.17) is 11.6 Å². The van der Waals surface area contributed by atoms with Crippen LogP contribution in [0.15, 0.2) is 22.7 Å². The predicted molar refractivity (Wildman–Crippen MR) is 74.5 cm³/mol. The van der Waals surface area contributed by atoms with Gasteiger partial charge in [-0.15, -0.1) is 0 Å². The van der Waals surface area contributed by atoms with Gasteiger partial charge in [0, 0.05) is 28.4 Å². The highest BCUT2D eigenvalue weighted by molar-refractivity contribution is 9.10. The molecule has 16 heavy (non-hydrogen) atoms. The molecule has 0 fully saturated rings. The molecule has 1 rings (SSSR count). The van der Waals surface area contributed by atoms with E-state index in [0.717, 1.165) is 22.8 Å². The molecule has 0 radical (unpaired) electrons. The van der Waals surface area contributed by atoms with Gasteiger partial charge in [-0.2, -0.15) is 0 Å². The van der Waals surface area contributed by atoms with Crippen molar-refractivity contribution in [3.63, 3.8) is 0 Å². The van der Waals surface area contributed by atoms with Gasteiger partial charge in [-0.3, -0.25) is 4.79 Å². The summed E-state index contributed by atoms with van der Waals surface area (Å²) in [5.41, 5.74) is 0.601. The second-order valence-electron chi connectivity index (χ2n) is 3.39. The summed E-state index contributed by atoms with van der Waals surface area (Å²) in [6.07, 6.45) is 0.931. The second kappa shape index (κ2) is 6.62. The van der Waals surface area contributed by atoms with Crippen molar-refractivity contribution in [2.24, 2.45) is 0 Å². The highest BCUT2D eigenvalue weighted by atomic mass is 79.9. The number of alkyl halides is 1. The van der Waals surface area contributed by atoms with Crippen LogP contribution in [0, 0.1) is 0 Å². The van der Waals surface area contributed by atoms with E-state index in [1.165, 1.54) is 0 Å². The van der Waals surface area contributed by atoms with Gasteiger partial charge in [0.2, 0.25) is 0 Å². The Morgan fingerprint density at radius 2 is 2.19 bits per heavy atom. The second-order valence-corrected chi connectivity index (χ2v) is 5.48. The summed E-state index contributed by atoms with van der Waals surface area (Å²) in [7, 11) is 1.79. The average molecular weight is 369 g/mol. The van der Waals surface area contributed by atoms with Crippen LogP contribution in [0.2, 0.25) is 5.02 Å². The molecule has 0 aliphatic rings. The zero-order chi connectivity index (χ0) is 12.1. The van der Waals surface area contributed by atoms with Gasteiger partial charge in [-0.25, -0.2) is 0 Å². The first-order chi connectivity index (χ1) is 7.56. The monoisotopic (exact) mass is 367 g/mol. The number of carbonyl (C=O) groups excluding carboxylic acids is 1. The summed E-state index contributed by atoms with van der Waals surface area (Å²) in [5, 5.41) is 1.46. The van der Waals surface area contributed by atoms with Gasteiger partial charge in [0.15, 0.2) is 0 Å². The van der Waals surface area contributed by atoms with Crippen molar-refractivity contribution in [3.8, 4) is 0 Å². The Balaban J connectivity index is 2.83. The van der Waals surface area contributed by atoms with E-state index in [2.05, 4.69) is 31.9 Å². The molecule has 0 saturated carbocycles. The van der Waals surface area contributed by atoms with E-state index in [1.54, 1.807) is 30.1 Å². The van der Waals surface area contributed by atoms with Gasteiger partial charge in [0.1, 0.15) is 0 Å². The molecule has 1 aromatic rings. The van der Waals surface area contributed by atoms with Crippen molar-refractivity contribution < 1.29 is 4.79 Å². The molecular formula is C11H12Br2ClNO. The molecule has 1 amide bonds. The highest BCUT2D eigenvalue weighted by Gasteiger charge is 2.14. The molecule has 1 aromatic carbocycles. The van der Waals surface area contributed by atoms with Gasteiger partial charge >= 0.3 is 0 Å². The van der Waals surface area contributed by atoms with E-state index < -0.39 is 0 Å². The van der Waals surface area contributed by atoms with Crippen LogP contribution in [0.3, 0.4) is 0 Å². The highest BCUT2D eigenvalue weighted by Crippen LogP contribution is 2.22. The molecule has 0 saturated heterocycles. The first kappa shape index (κ1) is 14.0. The molecule has 0 spiro atoms. The van der Waals surface area contributed by atoms with Crippen LogP contribution in [0.1, 0.15) is 16.8 Å². The molecule has 5 heteroatoms. The molecule has 88 valence electrons. The molecule has 0 N–H and O–H groups in total. The molecule has 0 aliphatic heterocycles. The minimum atomic E-state index is -0.0182. The third kappa shape index (κ3) is 3.75. The number of nitrogens with zero attached hydrogens (tertiary/aromatic N) is 1. The predicted octanol–water partition coefficient (Wildman–Crippen LogP) is 3.96. The topological polar surface area (TPSA) is 20.3 Å². The zero-order valence-corrected chi connectivity index (χ0v) is 12.8. The van der Waals surface area contributed by atoms with Crippen LogP contribution in [0.25, 0.3) is 0 Å². The molecule has 0 aliphatic carbocycles. The van der Waals surface area contributed by atoms with Crippen molar-refractivity contribution in [1.29, 1.82) is 0 Å². The van der Waals surface area contributed by atoms with Gasteiger partial charge in [0.05, 0.1) is 5.56 Å². The number of hydrogen-bond acceptors (Lipinski definition) is 1. The lowest BCUT2D eigenvalue weighted by molar-refractivity contribution is 0.0795. The summed E-state index contributed by atoms with van der Waals surface area (Å²) >= 11 is 12.6. The molecule has 0 atom stereocenters. The third-order valence-electron chi connectivity index (χ3n) is 2.13. The first-order valence-electron chi connectivity index (χ1n) is 4.82. The van der Waals surface area contributed by atoms with Crippen LogP contribution >= 0.6 is 43.5 Å². The van der Waals surface area contributed by atoms with E-state index >= 15 is 0 Å². The SMILES string of the molecule is CN(CCCBr)C(=O)c1cc(Cl)ccc1Br. The van der Waals surface area contributed by atoms with E-state index in [-0.39, 0.29) is 5.91 Å². The Morgan fingerprint density at radius 1 is 1.50 bits per heavy atom. The van der Waals surface area contributed by atoms with E-state index in [9.17, 15) is 4.79 Å². The van der Waals surface area contributed by atoms with Crippen LogP contribution in [0.5, 0.6) is 0 Å². The lowest BCUT2D eigenvalue weighted by Crippen LogP contribution is -2.28. The van der Waals surface area contributed by atoms with Gasteiger partial charge in [-0.1, -0.05) is 27.5 Å². The normalized spacial score (nSPS) is 10.2. The fourth-order valence-electron chi connectivity index (χ4n) is 1.27. The maximum atomic E-state index is 12.0. The summed E-state index contributed by atoms with van der Waals surface area (Å²) in [6.45, 7) is 0.725. The van der Waals surface area contributed by atoms with Crippen molar-refractivity contribution in [3.05, 3.63) is 33.3 Å². The van der Waals surface area contributed by atoms with Crippen LogP contribution in [0.4, 0.5) is 0 Å². The fourth-order valence-corrected chi connectivity index (χ4v) is 2.10. The van der Waals surface area contributed by atoms with Crippen molar-refractivity contribution in [1.82, 2.24) is 4.90 Å². The summed E-state index contributed by atoms with van der Waals surface area (Å²) in [6, 6.07) is 5.22. The van der Waals surface area contributed by atoms with E-state index in [0.29, 0.717) is 10.6 Å². The van der Waals surface area contributed by atoms with Gasteiger partial charge < -0.3 is 4.90 Å². The average Bonchev–Trinajstić information content (AvgIpc) is 2.28. The summed E-state index contributed by atoms with van der Waals surface area (Å²) < 4.78 is 0.771. The molecule has 0 heterocycles. The first-order valence-corrected chi connectivity index (χ1v) is 7.12. The number of hydrogen-bond donors (Lipinski definition) is 0. The van der Waals surface area contributed by atoms with Gasteiger partial charge in [0.25, 0.3) is 5.91 Å². The minimum absolute atomic E-state index is 0.0182. The number of carbonyl (C=O) groups is 1. The van der Waals surface area contributed by atoms with Crippen molar-refractivity contribution in [2.75, 3.05) is 18.9 Å². The maximum absolute atomic E-state index is 12.0. The van der Waals surface area contributed by atoms with Crippen LogP contribution in [-0.4, -0.2) is 29.7 Å². The van der Waals surface area contributed by atoms with E-state index in [1.807, 2.05) is 0 Å². The number of halogens is 3. The minimum Gasteiger partial charge on any atom is -0.342 e.